The highest BCUT2D eigenvalue weighted by Crippen LogP contribution is 2.41. The lowest BCUT2D eigenvalue weighted by Crippen LogP contribution is -2.29. The first-order valence-electron chi connectivity index (χ1n) is 9.25. The first-order chi connectivity index (χ1) is 14.1. The Kier molecular flexibility index (Phi) is 5.47. The highest BCUT2D eigenvalue weighted by atomic mass is 32.2. The van der Waals surface area contributed by atoms with E-state index in [2.05, 4.69) is 4.72 Å². The number of esters is 1. The second-order valence-corrected chi connectivity index (χ2v) is 8.11. The third-order valence-electron chi connectivity index (χ3n) is 4.95. The van der Waals surface area contributed by atoms with E-state index in [4.69, 9.17) is 9.47 Å². The topological polar surface area (TPSA) is 64.6 Å². The number of nitrogens with one attached hydrogen (secondary N) is 1. The van der Waals surface area contributed by atoms with Crippen LogP contribution in [0.25, 0.3) is 0 Å². The summed E-state index contributed by atoms with van der Waals surface area (Å²) in [6.45, 7) is 1.98. The molecular weight excluding hydrogens is 386 g/mol. The van der Waals surface area contributed by atoms with Crippen molar-refractivity contribution in [1.82, 2.24) is 4.72 Å². The van der Waals surface area contributed by atoms with E-state index in [1.807, 2.05) is 61.5 Å². The number of aryl methyl sites for hydroxylation is 1. The van der Waals surface area contributed by atoms with E-state index in [1.165, 1.54) is 0 Å². The Balaban J connectivity index is 1.72. The Bertz CT molecular complexity index is 1050. The van der Waals surface area contributed by atoms with Crippen molar-refractivity contribution in [2.24, 2.45) is 0 Å². The van der Waals surface area contributed by atoms with Crippen molar-refractivity contribution in [2.45, 2.75) is 24.0 Å². The summed E-state index contributed by atoms with van der Waals surface area (Å²) < 4.78 is 27.2. The van der Waals surface area contributed by atoms with Crippen molar-refractivity contribution in [1.29, 1.82) is 0 Å². The summed E-state index contributed by atoms with van der Waals surface area (Å²) >= 11 is 0. The molecule has 5 nitrogen and oxygen atoms in total. The molecule has 0 aromatic heterocycles. The zero-order valence-electron chi connectivity index (χ0n) is 16.1. The SMILES string of the molecule is COc1ccc2c(c1)[C@H]([C@@H](NS(=O)c1ccc(C)cc1)c1ccccc1)OC2=O. The lowest BCUT2D eigenvalue weighted by atomic mass is 9.95. The predicted molar refractivity (Wildman–Crippen MR) is 111 cm³/mol. The molecule has 1 aliphatic heterocycles. The fourth-order valence-corrected chi connectivity index (χ4v) is 4.40. The average Bonchev–Trinajstić information content (AvgIpc) is 3.08. The van der Waals surface area contributed by atoms with E-state index in [0.29, 0.717) is 16.2 Å². The summed E-state index contributed by atoms with van der Waals surface area (Å²) in [6.07, 6.45) is -0.621. The maximum Gasteiger partial charge on any atom is 0.339 e. The molecule has 148 valence electrons. The van der Waals surface area contributed by atoms with E-state index in [1.54, 1.807) is 25.3 Å². The van der Waals surface area contributed by atoms with Crippen molar-refractivity contribution in [3.63, 3.8) is 0 Å². The van der Waals surface area contributed by atoms with E-state index < -0.39 is 29.1 Å². The Morgan fingerprint density at radius 1 is 1.03 bits per heavy atom. The molecule has 1 aliphatic rings. The summed E-state index contributed by atoms with van der Waals surface area (Å²) in [5.41, 5.74) is 3.19. The second-order valence-electron chi connectivity index (χ2n) is 6.87. The largest absolute Gasteiger partial charge is 0.497 e. The number of carbonyl (C=O) groups excluding carboxylic acids is 1. The fourth-order valence-electron chi connectivity index (χ4n) is 3.39. The van der Waals surface area contributed by atoms with Crippen LogP contribution in [0.1, 0.15) is 39.2 Å². The number of carbonyl (C=O) groups is 1. The van der Waals surface area contributed by atoms with Crippen molar-refractivity contribution >= 4 is 17.0 Å². The summed E-state index contributed by atoms with van der Waals surface area (Å²) in [5, 5.41) is 0. The van der Waals surface area contributed by atoms with Crippen LogP contribution in [0, 0.1) is 6.92 Å². The third kappa shape index (κ3) is 3.95. The number of ether oxygens (including phenoxy) is 2. The molecule has 0 aliphatic carbocycles. The van der Waals surface area contributed by atoms with Crippen LogP contribution in [0.3, 0.4) is 0 Å². The smallest absolute Gasteiger partial charge is 0.339 e. The van der Waals surface area contributed by atoms with Crippen molar-refractivity contribution in [2.75, 3.05) is 7.11 Å². The molecule has 3 atom stereocenters. The van der Waals surface area contributed by atoms with Gasteiger partial charge in [0.1, 0.15) is 22.8 Å². The Morgan fingerprint density at radius 2 is 1.76 bits per heavy atom. The van der Waals surface area contributed by atoms with Gasteiger partial charge >= 0.3 is 5.97 Å². The molecule has 1 heterocycles. The number of fused-ring (bicyclic) bond motifs is 1. The van der Waals surface area contributed by atoms with Crippen LogP contribution in [0.4, 0.5) is 0 Å². The van der Waals surface area contributed by atoms with Gasteiger partial charge in [0.2, 0.25) is 0 Å². The van der Waals surface area contributed by atoms with Crippen LogP contribution in [0.2, 0.25) is 0 Å². The summed E-state index contributed by atoms with van der Waals surface area (Å²) in [5.74, 6) is 0.245. The van der Waals surface area contributed by atoms with Crippen molar-refractivity contribution in [3.8, 4) is 5.75 Å². The van der Waals surface area contributed by atoms with E-state index in [-0.39, 0.29) is 0 Å². The lowest BCUT2D eigenvalue weighted by molar-refractivity contribution is 0.0314. The molecule has 4 rings (SSSR count). The monoisotopic (exact) mass is 407 g/mol. The number of hydrogen-bond acceptors (Lipinski definition) is 4. The third-order valence-corrected chi connectivity index (χ3v) is 6.12. The molecule has 0 spiro atoms. The highest BCUT2D eigenvalue weighted by Gasteiger charge is 2.38. The molecule has 0 saturated heterocycles. The van der Waals surface area contributed by atoms with Gasteiger partial charge in [0.15, 0.2) is 0 Å². The van der Waals surface area contributed by atoms with Crippen LogP contribution in [0.5, 0.6) is 5.75 Å². The van der Waals surface area contributed by atoms with Gasteiger partial charge in [-0.05, 0) is 42.8 Å². The van der Waals surface area contributed by atoms with Gasteiger partial charge in [0.25, 0.3) is 0 Å². The number of hydrogen-bond donors (Lipinski definition) is 1. The van der Waals surface area contributed by atoms with Crippen LogP contribution < -0.4 is 9.46 Å². The first-order valence-corrected chi connectivity index (χ1v) is 10.4. The van der Waals surface area contributed by atoms with Gasteiger partial charge in [0.05, 0.1) is 23.6 Å². The molecular formula is C23H21NO4S. The van der Waals surface area contributed by atoms with E-state index in [9.17, 15) is 9.00 Å². The van der Waals surface area contributed by atoms with Gasteiger partial charge < -0.3 is 9.47 Å². The Labute approximate surface area is 172 Å². The van der Waals surface area contributed by atoms with Crippen LogP contribution in [-0.4, -0.2) is 17.3 Å². The second kappa shape index (κ2) is 8.19. The zero-order chi connectivity index (χ0) is 20.4. The first kappa shape index (κ1) is 19.4. The summed E-state index contributed by atoms with van der Waals surface area (Å²) in [6, 6.07) is 21.8. The van der Waals surface area contributed by atoms with Gasteiger partial charge in [-0.15, -0.1) is 0 Å². The normalized spacial score (nSPS) is 17.3. The van der Waals surface area contributed by atoms with E-state index >= 15 is 0 Å². The highest BCUT2D eigenvalue weighted by molar-refractivity contribution is 7.83. The van der Waals surface area contributed by atoms with Crippen LogP contribution in [0.15, 0.2) is 77.7 Å². The molecule has 0 bridgehead atoms. The Morgan fingerprint density at radius 3 is 2.45 bits per heavy atom. The Hall–Kier alpha value is -2.96. The molecule has 6 heteroatoms. The van der Waals surface area contributed by atoms with Gasteiger partial charge in [-0.1, -0.05) is 48.0 Å². The van der Waals surface area contributed by atoms with Crippen LogP contribution >= 0.6 is 0 Å². The quantitative estimate of drug-likeness (QED) is 0.620. The maximum atomic E-state index is 13.0. The molecule has 0 saturated carbocycles. The van der Waals surface area contributed by atoms with Crippen molar-refractivity contribution < 1.29 is 18.5 Å². The molecule has 3 aromatic carbocycles. The molecule has 1 N–H and O–H groups in total. The maximum absolute atomic E-state index is 13.0. The minimum atomic E-state index is -1.49. The number of methoxy groups -OCH3 is 1. The van der Waals surface area contributed by atoms with Gasteiger partial charge in [-0.3, -0.25) is 0 Å². The van der Waals surface area contributed by atoms with Gasteiger partial charge in [-0.25, -0.2) is 13.7 Å². The number of rotatable bonds is 6. The van der Waals surface area contributed by atoms with Crippen LogP contribution in [-0.2, 0) is 15.7 Å². The molecule has 0 amide bonds. The van der Waals surface area contributed by atoms with Gasteiger partial charge in [-0.2, -0.15) is 0 Å². The molecule has 1 unspecified atom stereocenters. The van der Waals surface area contributed by atoms with Gasteiger partial charge in [0, 0.05) is 5.56 Å². The minimum absolute atomic E-state index is 0.392. The standard InChI is InChI=1S/C23H21NO4S/c1-15-8-11-18(12-9-15)29(26)24-21(16-6-4-3-5-7-16)22-20-14-17(27-2)10-13-19(20)23(25)28-22/h3-14,21-22,24H,1-2H3/t21-,22+,29?/m0/s1. The number of cyclic esters (lactones) is 1. The average molecular weight is 407 g/mol. The van der Waals surface area contributed by atoms with Crippen molar-refractivity contribution in [3.05, 3.63) is 95.1 Å². The van der Waals surface area contributed by atoms with E-state index in [0.717, 1.165) is 16.7 Å². The molecule has 29 heavy (non-hydrogen) atoms. The minimum Gasteiger partial charge on any atom is -0.497 e. The number of benzene rings is 3. The lowest BCUT2D eigenvalue weighted by Gasteiger charge is -2.24. The predicted octanol–water partition coefficient (Wildman–Crippen LogP) is 4.27. The fraction of sp³-hybridized carbons (Fsp3) is 0.174. The molecule has 3 aromatic rings. The molecule has 0 fully saturated rings. The summed E-state index contributed by atoms with van der Waals surface area (Å²) in [7, 11) is 0.0911. The zero-order valence-corrected chi connectivity index (χ0v) is 16.9. The summed E-state index contributed by atoms with van der Waals surface area (Å²) in [4.78, 5) is 13.1. The molecule has 0 radical (unpaired) electrons.